The van der Waals surface area contributed by atoms with Crippen molar-refractivity contribution in [2.45, 2.75) is 42.2 Å². The van der Waals surface area contributed by atoms with Crippen LogP contribution >= 0.6 is 0 Å². The van der Waals surface area contributed by atoms with Crippen LogP contribution in [0.1, 0.15) is 36.1 Å². The van der Waals surface area contributed by atoms with E-state index in [0.717, 1.165) is 0 Å². The van der Waals surface area contributed by atoms with E-state index in [1.165, 1.54) is 0 Å². The fourth-order valence-corrected chi connectivity index (χ4v) is 0. The molecule has 1 heteroatoms. The molecule has 0 saturated heterocycles. The summed E-state index contributed by atoms with van der Waals surface area (Å²) < 4.78 is 0. The first-order chi connectivity index (χ1) is 1.73. The first-order valence-electron chi connectivity index (χ1n) is 1.41. The van der Waals surface area contributed by atoms with E-state index in [1.807, 2.05) is 0 Å². The zero-order valence-electron chi connectivity index (χ0n) is 3.02. The van der Waals surface area contributed by atoms with Gasteiger partial charge < -0.3 is 5.11 Å². The highest BCUT2D eigenvalue weighted by Crippen LogP contribution is 1.65. The Hall–Kier alpha value is -0.0400. The van der Waals surface area contributed by atoms with E-state index < -0.39 is 0 Å². The van der Waals surface area contributed by atoms with Crippen LogP contribution in [0.3, 0.4) is 0 Å². The molecule has 0 aromatic heterocycles. The molecule has 0 saturated carbocycles. The van der Waals surface area contributed by atoms with Gasteiger partial charge in [-0.1, -0.05) is 22.3 Å². The number of aliphatic hydroxyl groups excluding tert-OH is 1. The van der Waals surface area contributed by atoms with Crippen LogP contribution in [0, 0.1) is 0 Å². The molecule has 50 valence electrons. The van der Waals surface area contributed by atoms with Gasteiger partial charge in [-0.3, -0.25) is 0 Å². The molecule has 0 amide bonds. The zero-order valence-corrected chi connectivity index (χ0v) is 3.02. The first-order valence-corrected chi connectivity index (χ1v) is 1.41. The third-order valence-corrected chi connectivity index (χ3v) is 0. The van der Waals surface area contributed by atoms with E-state index in [2.05, 4.69) is 0 Å². The molecular weight excluding hydrogens is 88.1 g/mol. The second-order valence-electron chi connectivity index (χ2n) is 1.09. The number of aliphatic hydroxyl groups is 1. The van der Waals surface area contributed by atoms with Gasteiger partial charge in [0.1, 0.15) is 0 Å². The van der Waals surface area contributed by atoms with Crippen LogP contribution in [0.15, 0.2) is 0 Å². The quantitative estimate of drug-likeness (QED) is 0.505. The molecule has 0 unspecified atom stereocenters. The zero-order chi connectivity index (χ0) is 3.58. The van der Waals surface area contributed by atoms with Gasteiger partial charge in [-0.2, -0.15) is 0 Å². The largest absolute Gasteiger partial charge is 0.394 e. The maximum atomic E-state index is 8.06. The fraction of sp³-hybridized carbons (Fsp3) is 1.00. The molecule has 1 nitrogen and oxygen atoms in total. The second kappa shape index (κ2) is 16.7. The van der Waals surface area contributed by atoms with Crippen molar-refractivity contribution in [2.24, 2.45) is 0 Å². The van der Waals surface area contributed by atoms with Crippen molar-refractivity contribution in [3.8, 4) is 0 Å². The molecule has 0 rings (SSSR count). The Bertz CT molecular complexity index is 8.90. The Kier molecular flexibility index (Phi) is 67.5. The van der Waals surface area contributed by atoms with Crippen molar-refractivity contribution >= 4 is 0 Å². The molecule has 0 spiro atoms. The van der Waals surface area contributed by atoms with Gasteiger partial charge >= 0.3 is 0 Å². The standard InChI is InChI=1S/C3H8O.3CH4/c1-3(2)4;;;/h3-4H,1-2H3;3*1H4. The Labute approximate surface area is 48.4 Å². The third-order valence-electron chi connectivity index (χ3n) is 0. The first kappa shape index (κ1) is 28.2. The van der Waals surface area contributed by atoms with Gasteiger partial charge in [0.05, 0.1) is 0 Å². The van der Waals surface area contributed by atoms with Crippen LogP contribution in [-0.4, -0.2) is 11.2 Å². The van der Waals surface area contributed by atoms with Crippen molar-refractivity contribution in [1.82, 2.24) is 0 Å². The molecule has 0 atom stereocenters. The second-order valence-corrected chi connectivity index (χ2v) is 1.09. The van der Waals surface area contributed by atoms with Crippen LogP contribution in [0.5, 0.6) is 0 Å². The highest BCUT2D eigenvalue weighted by Gasteiger charge is 1.69. The molecule has 0 heterocycles. The van der Waals surface area contributed by atoms with Crippen LogP contribution in [0.25, 0.3) is 0 Å². The van der Waals surface area contributed by atoms with Crippen LogP contribution in [0.4, 0.5) is 0 Å². The number of rotatable bonds is 0. The summed E-state index contributed by atoms with van der Waals surface area (Å²) in [7, 11) is 0. The lowest BCUT2D eigenvalue weighted by Gasteiger charge is -1.80. The summed E-state index contributed by atoms with van der Waals surface area (Å²) in [6.45, 7) is 3.44. The average Bonchev–Trinajstić information content (AvgIpc) is 0.811. The van der Waals surface area contributed by atoms with Crippen molar-refractivity contribution in [2.75, 3.05) is 0 Å². The summed E-state index contributed by atoms with van der Waals surface area (Å²) in [6.07, 6.45) is -0.167. The van der Waals surface area contributed by atoms with Crippen LogP contribution < -0.4 is 0 Å². The lowest BCUT2D eigenvalue weighted by Crippen LogP contribution is -1.85. The summed E-state index contributed by atoms with van der Waals surface area (Å²) in [5.41, 5.74) is 0. The molecular formula is C6H20O. The van der Waals surface area contributed by atoms with E-state index in [4.69, 9.17) is 5.11 Å². The smallest absolute Gasteiger partial charge is 0.0483 e. The predicted octanol–water partition coefficient (Wildman–Crippen LogP) is 2.30. The summed E-state index contributed by atoms with van der Waals surface area (Å²) in [5.74, 6) is 0. The summed E-state index contributed by atoms with van der Waals surface area (Å²) >= 11 is 0. The van der Waals surface area contributed by atoms with Crippen molar-refractivity contribution in [1.29, 1.82) is 0 Å². The maximum absolute atomic E-state index is 8.06. The van der Waals surface area contributed by atoms with Gasteiger partial charge in [-0.25, -0.2) is 0 Å². The maximum Gasteiger partial charge on any atom is 0.0483 e. The molecule has 0 aromatic carbocycles. The van der Waals surface area contributed by atoms with Gasteiger partial charge in [-0.15, -0.1) is 0 Å². The minimum absolute atomic E-state index is 0. The highest BCUT2D eigenvalue weighted by molar-refractivity contribution is 4.20. The number of hydrogen-bond donors (Lipinski definition) is 1. The van der Waals surface area contributed by atoms with E-state index in [0.29, 0.717) is 0 Å². The number of hydrogen-bond acceptors (Lipinski definition) is 1. The van der Waals surface area contributed by atoms with Gasteiger partial charge in [0.15, 0.2) is 0 Å². The van der Waals surface area contributed by atoms with Gasteiger partial charge in [-0.05, 0) is 13.8 Å². The molecule has 0 aliphatic heterocycles. The Morgan fingerprint density at radius 3 is 1.00 bits per heavy atom. The molecule has 1 N–H and O–H groups in total. The SMILES string of the molecule is C.C.C.CC(C)O. The average molecular weight is 108 g/mol. The van der Waals surface area contributed by atoms with E-state index in [9.17, 15) is 0 Å². The van der Waals surface area contributed by atoms with E-state index in [-0.39, 0.29) is 28.4 Å². The van der Waals surface area contributed by atoms with Gasteiger partial charge in [0.25, 0.3) is 0 Å². The molecule has 0 bridgehead atoms. The summed E-state index contributed by atoms with van der Waals surface area (Å²) in [6, 6.07) is 0. The van der Waals surface area contributed by atoms with Crippen molar-refractivity contribution in [3.63, 3.8) is 0 Å². The lowest BCUT2D eigenvalue weighted by molar-refractivity contribution is 0.216. The highest BCUT2D eigenvalue weighted by atomic mass is 16.3. The van der Waals surface area contributed by atoms with Gasteiger partial charge in [0.2, 0.25) is 0 Å². The molecule has 0 aromatic rings. The minimum atomic E-state index is -0.167. The molecule has 0 radical (unpaired) electrons. The summed E-state index contributed by atoms with van der Waals surface area (Å²) in [4.78, 5) is 0. The minimum Gasteiger partial charge on any atom is -0.394 e. The monoisotopic (exact) mass is 108 g/mol. The van der Waals surface area contributed by atoms with Crippen LogP contribution in [-0.2, 0) is 0 Å². The van der Waals surface area contributed by atoms with E-state index in [1.54, 1.807) is 13.8 Å². The molecule has 7 heavy (non-hydrogen) atoms. The summed E-state index contributed by atoms with van der Waals surface area (Å²) in [5, 5.41) is 8.06. The van der Waals surface area contributed by atoms with Crippen molar-refractivity contribution < 1.29 is 5.11 Å². The lowest BCUT2D eigenvalue weighted by atomic mass is 10.5. The van der Waals surface area contributed by atoms with Crippen LogP contribution in [0.2, 0.25) is 0 Å². The molecule has 0 aliphatic carbocycles. The van der Waals surface area contributed by atoms with Crippen molar-refractivity contribution in [3.05, 3.63) is 0 Å². The fourth-order valence-electron chi connectivity index (χ4n) is 0. The topological polar surface area (TPSA) is 20.2 Å². The normalized spacial score (nSPS) is 5.14. The molecule has 0 fully saturated rings. The Morgan fingerprint density at radius 1 is 1.00 bits per heavy atom. The third kappa shape index (κ3) is 58400. The predicted molar refractivity (Wildman–Crippen MR) is 37.5 cm³/mol. The molecule has 0 aliphatic rings. The Balaban J connectivity index is -0.0000000150. The van der Waals surface area contributed by atoms with Gasteiger partial charge in [0, 0.05) is 6.10 Å². The van der Waals surface area contributed by atoms with E-state index >= 15 is 0 Å². The Morgan fingerprint density at radius 2 is 1.00 bits per heavy atom.